The van der Waals surface area contributed by atoms with Crippen molar-refractivity contribution in [3.05, 3.63) is 0 Å². The van der Waals surface area contributed by atoms with Gasteiger partial charge >= 0.3 is 5.97 Å². The van der Waals surface area contributed by atoms with Crippen LogP contribution >= 0.6 is 0 Å². The van der Waals surface area contributed by atoms with Crippen LogP contribution in [0.2, 0.25) is 0 Å². The van der Waals surface area contributed by atoms with E-state index < -0.39 is 12.0 Å². The second kappa shape index (κ2) is 3.13. The fourth-order valence-electron chi connectivity index (χ4n) is 1.37. The molecule has 0 aromatic rings. The number of carboxylic acids is 1. The summed E-state index contributed by atoms with van der Waals surface area (Å²) in [6.07, 6.45) is 0.774. The summed E-state index contributed by atoms with van der Waals surface area (Å²) >= 11 is 0. The normalized spacial score (nSPS) is 26.0. The van der Waals surface area contributed by atoms with Crippen LogP contribution in [-0.2, 0) is 9.59 Å². The number of hydrogen-bond acceptors (Lipinski definition) is 2. The number of carbonyl (C=O) groups excluding carboxylic acids is 1. The van der Waals surface area contributed by atoms with Crippen LogP contribution in [0.25, 0.3) is 0 Å². The van der Waals surface area contributed by atoms with E-state index in [-0.39, 0.29) is 11.8 Å². The zero-order chi connectivity index (χ0) is 9.30. The van der Waals surface area contributed by atoms with Gasteiger partial charge in [-0.1, -0.05) is 6.92 Å². The van der Waals surface area contributed by atoms with Gasteiger partial charge in [0.2, 0.25) is 5.91 Å². The van der Waals surface area contributed by atoms with Crippen molar-refractivity contribution in [1.82, 2.24) is 4.90 Å². The van der Waals surface area contributed by atoms with Crippen LogP contribution in [0.15, 0.2) is 0 Å². The number of nitrogens with zero attached hydrogens (tertiary/aromatic N) is 1. The average molecular weight is 171 g/mol. The first-order valence-corrected chi connectivity index (χ1v) is 4.07. The molecule has 1 fully saturated rings. The highest BCUT2D eigenvalue weighted by Crippen LogP contribution is 2.19. The van der Waals surface area contributed by atoms with Crippen molar-refractivity contribution in [3.63, 3.8) is 0 Å². The van der Waals surface area contributed by atoms with E-state index in [2.05, 4.69) is 0 Å². The van der Waals surface area contributed by atoms with Gasteiger partial charge in [0.05, 0.1) is 0 Å². The Morgan fingerprint density at radius 2 is 2.33 bits per heavy atom. The van der Waals surface area contributed by atoms with Gasteiger partial charge < -0.3 is 10.0 Å². The lowest BCUT2D eigenvalue weighted by Crippen LogP contribution is -2.40. The molecule has 1 amide bonds. The number of carbonyl (C=O) groups is 2. The smallest absolute Gasteiger partial charge is 0.326 e. The average Bonchev–Trinajstić information content (AvgIpc) is 2.32. The summed E-state index contributed by atoms with van der Waals surface area (Å²) in [7, 11) is 0. The summed E-state index contributed by atoms with van der Waals surface area (Å²) in [5.41, 5.74) is 0. The molecule has 1 saturated heterocycles. The van der Waals surface area contributed by atoms with Crippen molar-refractivity contribution in [2.75, 3.05) is 6.54 Å². The summed E-state index contributed by atoms with van der Waals surface area (Å²) in [5.74, 6) is -0.978. The highest BCUT2D eigenvalue weighted by Gasteiger charge is 2.33. The van der Waals surface area contributed by atoms with Crippen molar-refractivity contribution in [1.29, 1.82) is 0 Å². The van der Waals surface area contributed by atoms with Crippen molar-refractivity contribution < 1.29 is 14.7 Å². The van der Waals surface area contributed by atoms with Gasteiger partial charge in [0.25, 0.3) is 0 Å². The highest BCUT2D eigenvalue weighted by molar-refractivity contribution is 5.86. The Kier molecular flexibility index (Phi) is 2.35. The van der Waals surface area contributed by atoms with Gasteiger partial charge in [0, 0.05) is 12.5 Å². The van der Waals surface area contributed by atoms with E-state index in [9.17, 15) is 9.59 Å². The summed E-state index contributed by atoms with van der Waals surface area (Å²) in [6.45, 7) is 3.95. The lowest BCUT2D eigenvalue weighted by molar-refractivity contribution is -0.148. The van der Waals surface area contributed by atoms with Crippen LogP contribution in [0.1, 0.15) is 20.3 Å². The Hall–Kier alpha value is -1.06. The fraction of sp³-hybridized carbons (Fsp3) is 0.750. The predicted molar refractivity (Wildman–Crippen MR) is 42.6 cm³/mol. The van der Waals surface area contributed by atoms with E-state index in [1.165, 1.54) is 11.8 Å². The van der Waals surface area contributed by atoms with Gasteiger partial charge in [0.15, 0.2) is 0 Å². The number of hydrogen-bond donors (Lipinski definition) is 1. The van der Waals surface area contributed by atoms with Crippen LogP contribution in [0.3, 0.4) is 0 Å². The Bertz CT molecular complexity index is 214. The monoisotopic (exact) mass is 171 g/mol. The van der Waals surface area contributed by atoms with Gasteiger partial charge in [-0.25, -0.2) is 4.79 Å². The van der Waals surface area contributed by atoms with E-state index in [4.69, 9.17) is 5.11 Å². The maximum absolute atomic E-state index is 11.3. The molecular weight excluding hydrogens is 158 g/mol. The minimum atomic E-state index is -0.933. The molecule has 2 atom stereocenters. The van der Waals surface area contributed by atoms with Gasteiger partial charge in [-0.2, -0.15) is 0 Å². The molecule has 1 aliphatic heterocycles. The van der Waals surface area contributed by atoms with Crippen LogP contribution < -0.4 is 0 Å². The summed E-state index contributed by atoms with van der Waals surface area (Å²) in [4.78, 5) is 23.3. The fourth-order valence-corrected chi connectivity index (χ4v) is 1.37. The third kappa shape index (κ3) is 1.42. The van der Waals surface area contributed by atoms with E-state index in [0.717, 1.165) is 6.42 Å². The van der Waals surface area contributed by atoms with E-state index in [1.807, 2.05) is 6.92 Å². The Balaban J connectivity index is 2.65. The lowest BCUT2D eigenvalue weighted by atomic mass is 10.1. The molecule has 0 aromatic heterocycles. The van der Waals surface area contributed by atoms with E-state index in [1.54, 1.807) is 0 Å². The van der Waals surface area contributed by atoms with Crippen molar-refractivity contribution in [3.8, 4) is 0 Å². The second-order valence-corrected chi connectivity index (χ2v) is 3.24. The van der Waals surface area contributed by atoms with Crippen molar-refractivity contribution in [2.45, 2.75) is 26.3 Å². The minimum absolute atomic E-state index is 0.00759. The third-order valence-corrected chi connectivity index (χ3v) is 2.33. The number of likely N-dealkylation sites (tertiary alicyclic amines) is 1. The molecule has 1 aliphatic rings. The van der Waals surface area contributed by atoms with Gasteiger partial charge in [-0.3, -0.25) is 4.79 Å². The van der Waals surface area contributed by atoms with Gasteiger partial charge in [-0.05, 0) is 13.3 Å². The first kappa shape index (κ1) is 9.03. The van der Waals surface area contributed by atoms with Crippen molar-refractivity contribution in [2.24, 2.45) is 5.92 Å². The molecule has 0 bridgehead atoms. The molecule has 4 nitrogen and oxygen atoms in total. The minimum Gasteiger partial charge on any atom is -0.480 e. The molecule has 1 heterocycles. The molecule has 1 unspecified atom stereocenters. The Labute approximate surface area is 71.2 Å². The molecule has 1 N–H and O–H groups in total. The van der Waals surface area contributed by atoms with Crippen LogP contribution in [0.5, 0.6) is 0 Å². The zero-order valence-corrected chi connectivity index (χ0v) is 7.28. The van der Waals surface area contributed by atoms with Gasteiger partial charge in [0.1, 0.15) is 6.04 Å². The largest absolute Gasteiger partial charge is 0.480 e. The predicted octanol–water partition coefficient (Wildman–Crippen LogP) is 0.328. The highest BCUT2D eigenvalue weighted by atomic mass is 16.4. The molecule has 0 spiro atoms. The van der Waals surface area contributed by atoms with Crippen LogP contribution in [0, 0.1) is 5.92 Å². The second-order valence-electron chi connectivity index (χ2n) is 3.24. The molecule has 12 heavy (non-hydrogen) atoms. The molecule has 0 aliphatic carbocycles. The maximum Gasteiger partial charge on any atom is 0.326 e. The molecule has 68 valence electrons. The summed E-state index contributed by atoms with van der Waals surface area (Å²) < 4.78 is 0. The van der Waals surface area contributed by atoms with Crippen molar-refractivity contribution >= 4 is 11.9 Å². The molecule has 0 saturated carbocycles. The summed E-state index contributed by atoms with van der Waals surface area (Å²) in [5, 5.41) is 8.65. The lowest BCUT2D eigenvalue weighted by Gasteiger charge is -2.20. The van der Waals surface area contributed by atoms with Crippen LogP contribution in [-0.4, -0.2) is 34.5 Å². The first-order chi connectivity index (χ1) is 5.54. The first-order valence-electron chi connectivity index (χ1n) is 4.07. The third-order valence-electron chi connectivity index (χ3n) is 2.33. The number of aliphatic carboxylic acids is 1. The molecule has 0 radical (unpaired) electrons. The van der Waals surface area contributed by atoms with Gasteiger partial charge in [-0.15, -0.1) is 0 Å². The number of amides is 1. The van der Waals surface area contributed by atoms with Crippen LogP contribution in [0.4, 0.5) is 0 Å². The molecule has 1 rings (SSSR count). The zero-order valence-electron chi connectivity index (χ0n) is 7.28. The number of carboxylic acid groups (broad SMARTS) is 1. The molecule has 0 aromatic carbocycles. The molecule has 4 heteroatoms. The Morgan fingerprint density at radius 1 is 1.75 bits per heavy atom. The van der Waals surface area contributed by atoms with E-state index in [0.29, 0.717) is 6.54 Å². The SMILES string of the molecule is CC1CCN([C@@H](C)C(=O)O)C1=O. The standard InChI is InChI=1S/C8H13NO3/c1-5-3-4-9(7(5)10)6(2)8(11)12/h5-6H,3-4H2,1-2H3,(H,11,12)/t5?,6-/m0/s1. The van der Waals surface area contributed by atoms with E-state index >= 15 is 0 Å². The number of rotatable bonds is 2. The topological polar surface area (TPSA) is 57.6 Å². The maximum atomic E-state index is 11.3. The Morgan fingerprint density at radius 3 is 2.67 bits per heavy atom. The molecular formula is C8H13NO3. The quantitative estimate of drug-likeness (QED) is 0.651. The summed E-state index contributed by atoms with van der Waals surface area (Å²) in [6, 6.07) is -0.678.